The average Bonchev–Trinajstić information content (AvgIpc) is 2.52. The zero-order valence-electron chi connectivity index (χ0n) is 14.7. The second-order valence-electron chi connectivity index (χ2n) is 6.73. The summed E-state index contributed by atoms with van der Waals surface area (Å²) in [6, 6.07) is 2.55. The molecule has 0 spiro atoms. The van der Waals surface area contributed by atoms with Crippen molar-refractivity contribution in [3.63, 3.8) is 0 Å². The van der Waals surface area contributed by atoms with E-state index in [9.17, 15) is 13.2 Å². The Bertz CT molecular complexity index is 456. The molecule has 0 amide bonds. The van der Waals surface area contributed by atoms with Crippen molar-refractivity contribution in [3.8, 4) is 0 Å². The fraction of sp³-hybridized carbons (Fsp3) is 0.737. The highest BCUT2D eigenvalue weighted by molar-refractivity contribution is 5.29. The van der Waals surface area contributed by atoms with Crippen molar-refractivity contribution in [2.24, 2.45) is 0 Å². The van der Waals surface area contributed by atoms with Crippen LogP contribution in [0.4, 0.5) is 13.2 Å². The van der Waals surface area contributed by atoms with Gasteiger partial charge >= 0.3 is 6.18 Å². The summed E-state index contributed by atoms with van der Waals surface area (Å²) in [5.41, 5.74) is -0.822. The van der Waals surface area contributed by atoms with Crippen molar-refractivity contribution in [1.82, 2.24) is 4.98 Å². The normalized spacial score (nSPS) is 14.7. The molecule has 0 aliphatic carbocycles. The lowest BCUT2D eigenvalue weighted by atomic mass is 9.75. The van der Waals surface area contributed by atoms with E-state index in [0.717, 1.165) is 44.9 Å². The van der Waals surface area contributed by atoms with Gasteiger partial charge in [0.15, 0.2) is 0 Å². The van der Waals surface area contributed by atoms with Gasteiger partial charge in [-0.15, -0.1) is 0 Å². The Morgan fingerprint density at radius 3 is 2.13 bits per heavy atom. The van der Waals surface area contributed by atoms with E-state index >= 15 is 0 Å². The van der Waals surface area contributed by atoms with Gasteiger partial charge in [0, 0.05) is 11.6 Å². The number of nitrogens with zero attached hydrogens (tertiary/aromatic N) is 1. The second-order valence-corrected chi connectivity index (χ2v) is 6.73. The second kappa shape index (κ2) is 9.29. The van der Waals surface area contributed by atoms with Crippen LogP contribution < -0.4 is 0 Å². The number of aromatic nitrogens is 1. The van der Waals surface area contributed by atoms with Crippen molar-refractivity contribution < 1.29 is 13.2 Å². The van der Waals surface area contributed by atoms with Crippen LogP contribution in [0.5, 0.6) is 0 Å². The van der Waals surface area contributed by atoms with Gasteiger partial charge < -0.3 is 0 Å². The number of unbranched alkanes of at least 4 members (excludes halogenated alkanes) is 5. The van der Waals surface area contributed by atoms with Gasteiger partial charge in [-0.1, -0.05) is 65.7 Å². The molecular formula is C19H30F3N. The van der Waals surface area contributed by atoms with Crippen LogP contribution in [0.25, 0.3) is 0 Å². The van der Waals surface area contributed by atoms with E-state index in [-0.39, 0.29) is 5.69 Å². The number of alkyl halides is 3. The highest BCUT2D eigenvalue weighted by Crippen LogP contribution is 2.41. The van der Waals surface area contributed by atoms with E-state index in [1.807, 2.05) is 6.92 Å². The highest BCUT2D eigenvalue weighted by atomic mass is 19.4. The maximum absolute atomic E-state index is 13.3. The van der Waals surface area contributed by atoms with Gasteiger partial charge in [-0.3, -0.25) is 4.98 Å². The van der Waals surface area contributed by atoms with E-state index in [1.54, 1.807) is 0 Å². The first-order valence-corrected chi connectivity index (χ1v) is 8.88. The van der Waals surface area contributed by atoms with E-state index in [2.05, 4.69) is 18.8 Å². The summed E-state index contributed by atoms with van der Waals surface area (Å²) in [4.78, 5) is 4.17. The molecule has 0 bridgehead atoms. The van der Waals surface area contributed by atoms with Gasteiger partial charge in [0.1, 0.15) is 0 Å². The third-order valence-corrected chi connectivity index (χ3v) is 4.60. The quantitative estimate of drug-likeness (QED) is 0.425. The molecule has 0 saturated heterocycles. The molecule has 0 fully saturated rings. The molecule has 0 N–H and O–H groups in total. The van der Waals surface area contributed by atoms with Crippen molar-refractivity contribution in [1.29, 1.82) is 0 Å². The summed E-state index contributed by atoms with van der Waals surface area (Å²) >= 11 is 0. The summed E-state index contributed by atoms with van der Waals surface area (Å²) in [6.45, 7) is 6.19. The van der Waals surface area contributed by atoms with Gasteiger partial charge in [-0.2, -0.15) is 13.2 Å². The van der Waals surface area contributed by atoms with Crippen LogP contribution in [-0.4, -0.2) is 4.98 Å². The van der Waals surface area contributed by atoms with Gasteiger partial charge in [0.2, 0.25) is 0 Å². The van der Waals surface area contributed by atoms with Gasteiger partial charge in [0.05, 0.1) is 11.3 Å². The van der Waals surface area contributed by atoms with E-state index < -0.39 is 17.2 Å². The van der Waals surface area contributed by atoms with E-state index in [0.29, 0.717) is 0 Å². The van der Waals surface area contributed by atoms with Crippen LogP contribution in [-0.2, 0) is 11.6 Å². The molecule has 1 unspecified atom stereocenters. The van der Waals surface area contributed by atoms with Gasteiger partial charge in [-0.25, -0.2) is 0 Å². The Morgan fingerprint density at radius 1 is 0.913 bits per heavy atom. The van der Waals surface area contributed by atoms with Crippen LogP contribution in [0.2, 0.25) is 0 Å². The smallest absolute Gasteiger partial charge is 0.260 e. The Labute approximate surface area is 138 Å². The van der Waals surface area contributed by atoms with Crippen molar-refractivity contribution in [3.05, 3.63) is 29.6 Å². The Hall–Kier alpha value is -1.06. The third kappa shape index (κ3) is 6.15. The fourth-order valence-corrected chi connectivity index (χ4v) is 3.16. The van der Waals surface area contributed by atoms with Crippen LogP contribution in [0.15, 0.2) is 18.3 Å². The van der Waals surface area contributed by atoms with Crippen molar-refractivity contribution in [2.75, 3.05) is 0 Å². The number of hydrogen-bond acceptors (Lipinski definition) is 1. The molecule has 1 nitrogen and oxygen atoms in total. The molecule has 23 heavy (non-hydrogen) atoms. The monoisotopic (exact) mass is 329 g/mol. The maximum atomic E-state index is 13.3. The summed E-state index contributed by atoms with van der Waals surface area (Å²) in [6.07, 6.45) is 6.19. The number of hydrogen-bond donors (Lipinski definition) is 0. The number of halogens is 3. The SMILES string of the molecule is CCCCCCCC(C)(CCCC)c1ncccc1C(F)(F)F. The van der Waals surface area contributed by atoms with Crippen molar-refractivity contribution in [2.45, 2.75) is 90.1 Å². The number of rotatable bonds is 10. The maximum Gasteiger partial charge on any atom is 0.418 e. The highest BCUT2D eigenvalue weighted by Gasteiger charge is 2.39. The van der Waals surface area contributed by atoms with E-state index in [1.165, 1.54) is 31.2 Å². The van der Waals surface area contributed by atoms with E-state index in [4.69, 9.17) is 0 Å². The van der Waals surface area contributed by atoms with Crippen LogP contribution in [0.1, 0.15) is 89.8 Å². The minimum Gasteiger partial charge on any atom is -0.260 e. The van der Waals surface area contributed by atoms with Crippen LogP contribution in [0.3, 0.4) is 0 Å². The molecule has 0 aliphatic heterocycles. The minimum absolute atomic E-state index is 0.233. The van der Waals surface area contributed by atoms with Gasteiger partial charge in [-0.05, 0) is 25.0 Å². The Balaban J connectivity index is 2.96. The first kappa shape index (κ1) is 20.0. The molecule has 132 valence electrons. The standard InChI is InChI=1S/C19H30F3N/c1-4-6-8-9-10-14-18(3,13-7-5-2)17-16(19(20,21)22)12-11-15-23-17/h11-12,15H,4-10,13-14H2,1-3H3. The lowest BCUT2D eigenvalue weighted by Gasteiger charge is -2.31. The zero-order chi connectivity index (χ0) is 17.3. The molecule has 1 aromatic heterocycles. The summed E-state index contributed by atoms with van der Waals surface area (Å²) < 4.78 is 40.0. The first-order chi connectivity index (χ1) is 10.8. The lowest BCUT2D eigenvalue weighted by Crippen LogP contribution is -2.28. The molecule has 4 heteroatoms. The molecule has 1 atom stereocenters. The summed E-state index contributed by atoms with van der Waals surface area (Å²) in [5, 5.41) is 0. The lowest BCUT2D eigenvalue weighted by molar-refractivity contribution is -0.139. The molecule has 0 aliphatic rings. The molecule has 1 rings (SSSR count). The fourth-order valence-electron chi connectivity index (χ4n) is 3.16. The first-order valence-electron chi connectivity index (χ1n) is 8.88. The molecular weight excluding hydrogens is 299 g/mol. The third-order valence-electron chi connectivity index (χ3n) is 4.60. The molecule has 0 radical (unpaired) electrons. The van der Waals surface area contributed by atoms with Gasteiger partial charge in [0.25, 0.3) is 0 Å². The predicted octanol–water partition coefficient (Wildman–Crippen LogP) is 6.91. The topological polar surface area (TPSA) is 12.9 Å². The van der Waals surface area contributed by atoms with Crippen LogP contribution in [0, 0.1) is 0 Å². The van der Waals surface area contributed by atoms with Crippen molar-refractivity contribution >= 4 is 0 Å². The molecule has 1 heterocycles. The minimum atomic E-state index is -4.33. The zero-order valence-corrected chi connectivity index (χ0v) is 14.7. The Kier molecular flexibility index (Phi) is 8.07. The Morgan fingerprint density at radius 2 is 1.52 bits per heavy atom. The largest absolute Gasteiger partial charge is 0.418 e. The van der Waals surface area contributed by atoms with Crippen LogP contribution >= 0.6 is 0 Å². The number of pyridine rings is 1. The average molecular weight is 329 g/mol. The predicted molar refractivity (Wildman–Crippen MR) is 89.5 cm³/mol. The summed E-state index contributed by atoms with van der Waals surface area (Å²) in [7, 11) is 0. The molecule has 0 aromatic carbocycles. The molecule has 1 aromatic rings. The summed E-state index contributed by atoms with van der Waals surface area (Å²) in [5.74, 6) is 0. The molecule has 0 saturated carbocycles.